The molecule has 0 aliphatic heterocycles. The number of pyridine rings is 1. The molecular formula is C18H20N2O3. The van der Waals surface area contributed by atoms with Crippen LogP contribution < -0.4 is 5.32 Å². The molecule has 0 saturated carbocycles. The number of para-hydroxylation sites is 1. The first-order valence-corrected chi connectivity index (χ1v) is 7.57. The van der Waals surface area contributed by atoms with Crippen molar-refractivity contribution in [2.75, 3.05) is 12.4 Å². The topological polar surface area (TPSA) is 68.3 Å². The van der Waals surface area contributed by atoms with Crippen molar-refractivity contribution in [3.05, 3.63) is 58.9 Å². The number of carbonyl (C=O) groups is 2. The number of esters is 1. The van der Waals surface area contributed by atoms with Crippen molar-refractivity contribution < 1.29 is 14.3 Å². The lowest BCUT2D eigenvalue weighted by Crippen LogP contribution is -2.16. The quantitative estimate of drug-likeness (QED) is 0.861. The monoisotopic (exact) mass is 312 g/mol. The van der Waals surface area contributed by atoms with E-state index < -0.39 is 5.97 Å². The van der Waals surface area contributed by atoms with E-state index in [4.69, 9.17) is 0 Å². The van der Waals surface area contributed by atoms with E-state index in [9.17, 15) is 9.59 Å². The summed E-state index contributed by atoms with van der Waals surface area (Å²) in [4.78, 5) is 27.8. The Morgan fingerprint density at radius 1 is 1.09 bits per heavy atom. The number of aromatic nitrogens is 1. The Kier molecular flexibility index (Phi) is 5.46. The Balaban J connectivity index is 2.24. The molecule has 0 atom stereocenters. The molecule has 2 aromatic rings. The molecule has 1 amide bonds. The van der Waals surface area contributed by atoms with Crippen LogP contribution in [0.1, 0.15) is 45.8 Å². The van der Waals surface area contributed by atoms with E-state index in [1.165, 1.54) is 25.4 Å². The predicted molar refractivity (Wildman–Crippen MR) is 88.7 cm³/mol. The standard InChI is InChI=1S/C18H20N2O3/c1-4-12-7-6-8-13(5-2)16(12)20-17(21)15-10-9-14(11-19-15)18(22)23-3/h6-11H,4-5H2,1-3H3,(H,20,21). The molecular weight excluding hydrogens is 292 g/mol. The van der Waals surface area contributed by atoms with Gasteiger partial charge in [-0.15, -0.1) is 0 Å². The van der Waals surface area contributed by atoms with Crippen LogP contribution in [0.5, 0.6) is 0 Å². The third-order valence-corrected chi connectivity index (χ3v) is 3.65. The van der Waals surface area contributed by atoms with Gasteiger partial charge in [-0.25, -0.2) is 4.79 Å². The normalized spacial score (nSPS) is 10.2. The number of hydrogen-bond acceptors (Lipinski definition) is 4. The summed E-state index contributed by atoms with van der Waals surface area (Å²) in [5.41, 5.74) is 3.59. The third-order valence-electron chi connectivity index (χ3n) is 3.65. The molecule has 2 rings (SSSR count). The molecule has 1 aromatic carbocycles. The first-order valence-electron chi connectivity index (χ1n) is 7.57. The Labute approximate surface area is 135 Å². The van der Waals surface area contributed by atoms with E-state index in [2.05, 4.69) is 15.0 Å². The molecule has 23 heavy (non-hydrogen) atoms. The van der Waals surface area contributed by atoms with Gasteiger partial charge in [0.1, 0.15) is 5.69 Å². The lowest BCUT2D eigenvalue weighted by molar-refractivity contribution is 0.0600. The van der Waals surface area contributed by atoms with Gasteiger partial charge in [-0.2, -0.15) is 0 Å². The van der Waals surface area contributed by atoms with E-state index >= 15 is 0 Å². The minimum atomic E-state index is -0.478. The van der Waals surface area contributed by atoms with Crippen LogP contribution in [0, 0.1) is 0 Å². The summed E-state index contributed by atoms with van der Waals surface area (Å²) in [6.45, 7) is 4.10. The van der Waals surface area contributed by atoms with Gasteiger partial charge in [0, 0.05) is 11.9 Å². The molecule has 120 valence electrons. The number of hydrogen-bond donors (Lipinski definition) is 1. The first kappa shape index (κ1) is 16.7. The van der Waals surface area contributed by atoms with Crippen LogP contribution in [0.25, 0.3) is 0 Å². The lowest BCUT2D eigenvalue weighted by atomic mass is 10.0. The average Bonchev–Trinajstić information content (AvgIpc) is 2.61. The summed E-state index contributed by atoms with van der Waals surface area (Å²) in [6, 6.07) is 9.05. The summed E-state index contributed by atoms with van der Waals surface area (Å²) < 4.78 is 4.61. The molecule has 0 aliphatic rings. The van der Waals surface area contributed by atoms with Crippen LogP contribution in [0.15, 0.2) is 36.5 Å². The largest absolute Gasteiger partial charge is 0.465 e. The zero-order chi connectivity index (χ0) is 16.8. The predicted octanol–water partition coefficient (Wildman–Crippen LogP) is 3.25. The Hall–Kier alpha value is -2.69. The molecule has 1 N–H and O–H groups in total. The van der Waals surface area contributed by atoms with Gasteiger partial charge < -0.3 is 10.1 Å². The Morgan fingerprint density at radius 2 is 1.74 bits per heavy atom. The fourth-order valence-corrected chi connectivity index (χ4v) is 2.35. The number of anilines is 1. The molecule has 5 nitrogen and oxygen atoms in total. The van der Waals surface area contributed by atoms with Crippen molar-refractivity contribution >= 4 is 17.6 Å². The summed E-state index contributed by atoms with van der Waals surface area (Å²) >= 11 is 0. The number of benzene rings is 1. The minimum absolute atomic E-state index is 0.255. The number of methoxy groups -OCH3 is 1. The second-order valence-corrected chi connectivity index (χ2v) is 5.04. The summed E-state index contributed by atoms with van der Waals surface area (Å²) in [5.74, 6) is -0.772. The average molecular weight is 312 g/mol. The molecule has 0 radical (unpaired) electrons. The highest BCUT2D eigenvalue weighted by atomic mass is 16.5. The molecule has 1 aromatic heterocycles. The maximum atomic E-state index is 12.4. The van der Waals surface area contributed by atoms with Crippen LogP contribution in [0.3, 0.4) is 0 Å². The highest BCUT2D eigenvalue weighted by Gasteiger charge is 2.14. The van der Waals surface area contributed by atoms with Gasteiger partial charge in [-0.3, -0.25) is 9.78 Å². The van der Waals surface area contributed by atoms with Crippen LogP contribution in [0.2, 0.25) is 0 Å². The molecule has 0 saturated heterocycles. The van der Waals surface area contributed by atoms with Gasteiger partial charge in [0.2, 0.25) is 0 Å². The van der Waals surface area contributed by atoms with Crippen LogP contribution in [-0.4, -0.2) is 24.0 Å². The molecule has 0 bridgehead atoms. The molecule has 0 spiro atoms. The smallest absolute Gasteiger partial charge is 0.339 e. The number of amides is 1. The van der Waals surface area contributed by atoms with Crippen molar-refractivity contribution in [3.63, 3.8) is 0 Å². The number of carbonyl (C=O) groups excluding carboxylic acids is 2. The maximum absolute atomic E-state index is 12.4. The van der Waals surface area contributed by atoms with Gasteiger partial charge in [-0.05, 0) is 36.1 Å². The maximum Gasteiger partial charge on any atom is 0.339 e. The van der Waals surface area contributed by atoms with Gasteiger partial charge in [-0.1, -0.05) is 32.0 Å². The molecule has 0 aliphatic carbocycles. The van der Waals surface area contributed by atoms with Gasteiger partial charge >= 0.3 is 5.97 Å². The Bertz CT molecular complexity index is 686. The van der Waals surface area contributed by atoms with E-state index in [0.717, 1.165) is 29.7 Å². The van der Waals surface area contributed by atoms with E-state index in [-0.39, 0.29) is 11.6 Å². The van der Waals surface area contributed by atoms with Gasteiger partial charge in [0.25, 0.3) is 5.91 Å². The zero-order valence-corrected chi connectivity index (χ0v) is 13.6. The summed E-state index contributed by atoms with van der Waals surface area (Å²) in [5, 5.41) is 2.94. The SMILES string of the molecule is CCc1cccc(CC)c1NC(=O)c1ccc(C(=O)OC)cn1. The third kappa shape index (κ3) is 3.74. The number of nitrogens with one attached hydrogen (secondary N) is 1. The first-order chi connectivity index (χ1) is 11.1. The van der Waals surface area contributed by atoms with Gasteiger partial charge in [0.15, 0.2) is 0 Å². The van der Waals surface area contributed by atoms with Crippen molar-refractivity contribution in [1.82, 2.24) is 4.98 Å². The number of aryl methyl sites for hydroxylation is 2. The highest BCUT2D eigenvalue weighted by molar-refractivity contribution is 6.04. The van der Waals surface area contributed by atoms with Crippen LogP contribution in [0.4, 0.5) is 5.69 Å². The molecule has 1 heterocycles. The van der Waals surface area contributed by atoms with Crippen LogP contribution in [-0.2, 0) is 17.6 Å². The van der Waals surface area contributed by atoms with Crippen molar-refractivity contribution in [2.24, 2.45) is 0 Å². The van der Waals surface area contributed by atoms with Crippen LogP contribution >= 0.6 is 0 Å². The fourth-order valence-electron chi connectivity index (χ4n) is 2.35. The van der Waals surface area contributed by atoms with Crippen molar-refractivity contribution in [3.8, 4) is 0 Å². The highest BCUT2D eigenvalue weighted by Crippen LogP contribution is 2.23. The second-order valence-electron chi connectivity index (χ2n) is 5.04. The minimum Gasteiger partial charge on any atom is -0.465 e. The summed E-state index contributed by atoms with van der Waals surface area (Å²) in [7, 11) is 1.30. The fraction of sp³-hybridized carbons (Fsp3) is 0.278. The van der Waals surface area contributed by atoms with Gasteiger partial charge in [0.05, 0.1) is 12.7 Å². The Morgan fingerprint density at radius 3 is 2.22 bits per heavy atom. The number of ether oxygens (including phenoxy) is 1. The lowest BCUT2D eigenvalue weighted by Gasteiger charge is -2.14. The van der Waals surface area contributed by atoms with Crippen molar-refractivity contribution in [1.29, 1.82) is 0 Å². The van der Waals surface area contributed by atoms with E-state index in [0.29, 0.717) is 5.56 Å². The number of rotatable bonds is 5. The molecule has 0 unspecified atom stereocenters. The zero-order valence-electron chi connectivity index (χ0n) is 13.6. The number of nitrogens with zero attached hydrogens (tertiary/aromatic N) is 1. The molecule has 0 fully saturated rings. The van der Waals surface area contributed by atoms with E-state index in [1.807, 2.05) is 32.0 Å². The summed E-state index contributed by atoms with van der Waals surface area (Å²) in [6.07, 6.45) is 3.00. The molecule has 5 heteroatoms. The van der Waals surface area contributed by atoms with E-state index in [1.54, 1.807) is 0 Å². The second kappa shape index (κ2) is 7.54. The van der Waals surface area contributed by atoms with Crippen molar-refractivity contribution in [2.45, 2.75) is 26.7 Å².